The van der Waals surface area contributed by atoms with Crippen molar-refractivity contribution in [1.29, 1.82) is 0 Å². The number of hydrogen-bond donors (Lipinski definition) is 1. The highest BCUT2D eigenvalue weighted by Crippen LogP contribution is 2.47. The predicted molar refractivity (Wildman–Crippen MR) is 113 cm³/mol. The van der Waals surface area contributed by atoms with Crippen LogP contribution in [-0.2, 0) is 23.8 Å². The lowest BCUT2D eigenvalue weighted by Gasteiger charge is -2.46. The van der Waals surface area contributed by atoms with Gasteiger partial charge in [-0.2, -0.15) is 0 Å². The summed E-state index contributed by atoms with van der Waals surface area (Å²) in [6.07, 6.45) is 1.07. The number of β-lactam (4-membered cyclic amide) rings is 1. The van der Waals surface area contributed by atoms with Gasteiger partial charge in [-0.1, -0.05) is 44.9 Å². The van der Waals surface area contributed by atoms with E-state index in [9.17, 15) is 24.3 Å². The number of rotatable bonds is 10. The van der Waals surface area contributed by atoms with Crippen LogP contribution in [-0.4, -0.2) is 77.5 Å². The third-order valence-corrected chi connectivity index (χ3v) is 5.26. The van der Waals surface area contributed by atoms with Crippen molar-refractivity contribution in [3.63, 3.8) is 0 Å². The molecule has 1 N–H and O–H groups in total. The van der Waals surface area contributed by atoms with Gasteiger partial charge in [0, 0.05) is 5.92 Å². The highest BCUT2D eigenvalue weighted by molar-refractivity contribution is 6.01. The van der Waals surface area contributed by atoms with Gasteiger partial charge in [-0.15, -0.1) is 0 Å². The molecular weight excluding hydrogens is 420 g/mol. The SMILES string of the molecule is C=CCOC(=O)C1=C(CN(C(=O)OCC=C)C(=O)OCC=C)[C@H](C)[C@@H]2[C@@H]([C@@H](C)O)C(=O)N12. The number of imide groups is 1. The Kier molecular flexibility index (Phi) is 8.36. The van der Waals surface area contributed by atoms with Gasteiger partial charge < -0.3 is 24.2 Å². The molecule has 1 saturated heterocycles. The average molecular weight is 448 g/mol. The Balaban J connectivity index is 2.44. The highest BCUT2D eigenvalue weighted by atomic mass is 16.6. The molecule has 0 saturated carbocycles. The van der Waals surface area contributed by atoms with E-state index in [1.165, 1.54) is 30.1 Å². The summed E-state index contributed by atoms with van der Waals surface area (Å²) in [4.78, 5) is 52.4. The summed E-state index contributed by atoms with van der Waals surface area (Å²) >= 11 is 0. The van der Waals surface area contributed by atoms with Gasteiger partial charge in [-0.3, -0.25) is 4.79 Å². The molecule has 3 amide bonds. The molecule has 0 aromatic heterocycles. The Morgan fingerprint density at radius 2 is 1.56 bits per heavy atom. The van der Waals surface area contributed by atoms with Gasteiger partial charge in [-0.25, -0.2) is 19.3 Å². The molecule has 10 nitrogen and oxygen atoms in total. The van der Waals surface area contributed by atoms with Gasteiger partial charge in [0.15, 0.2) is 0 Å². The summed E-state index contributed by atoms with van der Waals surface area (Å²) in [5, 5.41) is 10.0. The maximum atomic E-state index is 12.8. The molecule has 0 aliphatic carbocycles. The second kappa shape index (κ2) is 10.8. The lowest BCUT2D eigenvalue weighted by Crippen LogP contribution is -2.63. The highest BCUT2D eigenvalue weighted by Gasteiger charge is 2.60. The normalized spacial score (nSPS) is 22.3. The van der Waals surface area contributed by atoms with Crippen LogP contribution < -0.4 is 0 Å². The minimum atomic E-state index is -1.01. The molecule has 2 heterocycles. The summed E-state index contributed by atoms with van der Waals surface area (Å²) < 4.78 is 15.1. The molecule has 10 heteroatoms. The number of amides is 3. The number of aliphatic hydroxyl groups excluding tert-OH is 1. The van der Waals surface area contributed by atoms with E-state index >= 15 is 0 Å². The summed E-state index contributed by atoms with van der Waals surface area (Å²) in [5.41, 5.74) is 0.246. The van der Waals surface area contributed by atoms with Gasteiger partial charge >= 0.3 is 18.2 Å². The van der Waals surface area contributed by atoms with Crippen molar-refractivity contribution in [3.8, 4) is 0 Å². The van der Waals surface area contributed by atoms with Crippen LogP contribution in [0.5, 0.6) is 0 Å². The first-order valence-corrected chi connectivity index (χ1v) is 10.1. The fourth-order valence-corrected chi connectivity index (χ4v) is 3.84. The number of hydrogen-bond acceptors (Lipinski definition) is 8. The molecule has 0 radical (unpaired) electrons. The van der Waals surface area contributed by atoms with Crippen LogP contribution in [0.25, 0.3) is 0 Å². The van der Waals surface area contributed by atoms with E-state index in [0.717, 1.165) is 0 Å². The molecule has 0 aromatic carbocycles. The van der Waals surface area contributed by atoms with E-state index < -0.39 is 48.0 Å². The fourth-order valence-electron chi connectivity index (χ4n) is 3.84. The Hall–Kier alpha value is -3.40. The van der Waals surface area contributed by atoms with E-state index in [0.29, 0.717) is 10.5 Å². The van der Waals surface area contributed by atoms with E-state index in [4.69, 9.17) is 14.2 Å². The lowest BCUT2D eigenvalue weighted by atomic mass is 9.77. The molecule has 174 valence electrons. The number of fused-ring (bicyclic) bond motifs is 1. The zero-order valence-electron chi connectivity index (χ0n) is 18.2. The topological polar surface area (TPSA) is 123 Å². The number of aliphatic hydroxyl groups is 1. The number of ether oxygens (including phenoxy) is 3. The van der Waals surface area contributed by atoms with Gasteiger partial charge in [0.1, 0.15) is 25.5 Å². The molecule has 0 spiro atoms. The minimum Gasteiger partial charge on any atom is -0.457 e. The van der Waals surface area contributed by atoms with Crippen LogP contribution >= 0.6 is 0 Å². The molecule has 0 bridgehead atoms. The van der Waals surface area contributed by atoms with Crippen LogP contribution in [0.3, 0.4) is 0 Å². The van der Waals surface area contributed by atoms with Crippen molar-refractivity contribution in [1.82, 2.24) is 9.80 Å². The molecule has 2 rings (SSSR count). The third-order valence-electron chi connectivity index (χ3n) is 5.26. The Morgan fingerprint density at radius 3 is 2.03 bits per heavy atom. The summed E-state index contributed by atoms with van der Waals surface area (Å²) in [6.45, 7) is 12.9. The van der Waals surface area contributed by atoms with Crippen molar-refractivity contribution in [2.45, 2.75) is 26.0 Å². The van der Waals surface area contributed by atoms with Crippen LogP contribution in [0.4, 0.5) is 9.59 Å². The van der Waals surface area contributed by atoms with E-state index in [2.05, 4.69) is 19.7 Å². The van der Waals surface area contributed by atoms with Gasteiger partial charge in [0.05, 0.1) is 24.6 Å². The number of esters is 1. The standard InChI is InChI=1S/C22H28N2O8/c1-6-9-30-20(27)18-15(13(4)17-16(14(5)25)19(26)24(17)18)12-23(21(28)31-10-7-2)22(29)32-11-8-3/h6-8,13-14,16-17,25H,1-3,9-12H2,4-5H3/t13-,14+,16+,17+/m0/s1. The fraction of sp³-hybridized carbons (Fsp3) is 0.455. The lowest BCUT2D eigenvalue weighted by molar-refractivity contribution is -0.164. The molecule has 1 fully saturated rings. The van der Waals surface area contributed by atoms with Crippen molar-refractivity contribution in [3.05, 3.63) is 49.2 Å². The maximum Gasteiger partial charge on any atom is 0.419 e. The van der Waals surface area contributed by atoms with E-state index in [1.807, 2.05) is 0 Å². The molecule has 2 aliphatic rings. The second-order valence-corrected chi connectivity index (χ2v) is 7.33. The molecule has 32 heavy (non-hydrogen) atoms. The Bertz CT molecular complexity index is 823. The Morgan fingerprint density at radius 1 is 1.06 bits per heavy atom. The zero-order chi connectivity index (χ0) is 24.0. The quantitative estimate of drug-likeness (QED) is 0.232. The molecule has 0 unspecified atom stereocenters. The summed E-state index contributed by atoms with van der Waals surface area (Å²) in [6, 6.07) is -0.515. The van der Waals surface area contributed by atoms with Crippen molar-refractivity contribution < 1.29 is 38.5 Å². The van der Waals surface area contributed by atoms with Crippen molar-refractivity contribution in [2.24, 2.45) is 11.8 Å². The molecule has 0 aromatic rings. The van der Waals surface area contributed by atoms with Gasteiger partial charge in [0.25, 0.3) is 0 Å². The van der Waals surface area contributed by atoms with E-state index in [-0.39, 0.29) is 32.1 Å². The third kappa shape index (κ3) is 4.75. The number of carbonyl (C=O) groups is 4. The van der Waals surface area contributed by atoms with Crippen LogP contribution in [0.15, 0.2) is 49.2 Å². The van der Waals surface area contributed by atoms with Gasteiger partial charge in [0.2, 0.25) is 5.91 Å². The zero-order valence-corrected chi connectivity index (χ0v) is 18.2. The summed E-state index contributed by atoms with van der Waals surface area (Å²) in [7, 11) is 0. The smallest absolute Gasteiger partial charge is 0.419 e. The average Bonchev–Trinajstić information content (AvgIpc) is 2.99. The van der Waals surface area contributed by atoms with Crippen molar-refractivity contribution >= 4 is 24.1 Å². The molecule has 2 aliphatic heterocycles. The van der Waals surface area contributed by atoms with Gasteiger partial charge in [-0.05, 0) is 12.5 Å². The van der Waals surface area contributed by atoms with Crippen LogP contribution in [0.1, 0.15) is 13.8 Å². The first-order chi connectivity index (χ1) is 15.2. The Labute approximate surface area is 186 Å². The molecule has 4 atom stereocenters. The van der Waals surface area contributed by atoms with Crippen molar-refractivity contribution in [2.75, 3.05) is 26.4 Å². The van der Waals surface area contributed by atoms with Crippen LogP contribution in [0, 0.1) is 11.8 Å². The minimum absolute atomic E-state index is 0.0655. The maximum absolute atomic E-state index is 12.8. The first-order valence-electron chi connectivity index (χ1n) is 10.1. The first kappa shape index (κ1) is 24.9. The summed E-state index contributed by atoms with van der Waals surface area (Å²) in [5.74, 6) is -2.42. The molecular formula is C22H28N2O8. The largest absolute Gasteiger partial charge is 0.457 e. The second-order valence-electron chi connectivity index (χ2n) is 7.33. The number of nitrogens with zero attached hydrogens (tertiary/aromatic N) is 2. The number of carbonyl (C=O) groups excluding carboxylic acids is 4. The van der Waals surface area contributed by atoms with Crippen LogP contribution in [0.2, 0.25) is 0 Å². The van der Waals surface area contributed by atoms with E-state index in [1.54, 1.807) is 6.92 Å². The monoisotopic (exact) mass is 448 g/mol. The predicted octanol–water partition coefficient (Wildman–Crippen LogP) is 1.77.